The monoisotopic (exact) mass is 217 g/mol. The van der Waals surface area contributed by atoms with Crippen LogP contribution in [0.2, 0.25) is 0 Å². The first-order valence-corrected chi connectivity index (χ1v) is 5.13. The fourth-order valence-corrected chi connectivity index (χ4v) is 1.35. The summed E-state index contributed by atoms with van der Waals surface area (Å²) in [6, 6.07) is 3.42. The fraction of sp³-hybridized carbons (Fsp3) is 0.333. The third-order valence-electron chi connectivity index (χ3n) is 2.27. The molecule has 0 aliphatic carbocycles. The summed E-state index contributed by atoms with van der Waals surface area (Å²) in [5.74, 6) is 2.58. The number of carbonyl (C=O) groups excluding carboxylic acids is 1. The first kappa shape index (κ1) is 12.1. The van der Waals surface area contributed by atoms with Crippen molar-refractivity contribution in [3.8, 4) is 12.3 Å². The van der Waals surface area contributed by atoms with Crippen molar-refractivity contribution in [1.82, 2.24) is 4.98 Å². The van der Waals surface area contributed by atoms with E-state index in [1.54, 1.807) is 18.3 Å². The number of nitrogens with zero attached hydrogens (tertiary/aromatic N) is 1. The van der Waals surface area contributed by atoms with E-state index in [1.165, 1.54) is 0 Å². The van der Waals surface area contributed by atoms with Crippen molar-refractivity contribution in [3.05, 3.63) is 23.9 Å². The third kappa shape index (κ3) is 2.99. The van der Waals surface area contributed by atoms with Crippen molar-refractivity contribution >= 4 is 11.7 Å². The van der Waals surface area contributed by atoms with Crippen LogP contribution < -0.4 is 11.1 Å². The van der Waals surface area contributed by atoms with E-state index in [2.05, 4.69) is 16.2 Å². The molecule has 1 unspecified atom stereocenters. The molecule has 4 heteroatoms. The van der Waals surface area contributed by atoms with Crippen LogP contribution in [0.1, 0.15) is 30.1 Å². The van der Waals surface area contributed by atoms with Crippen molar-refractivity contribution in [1.29, 1.82) is 0 Å². The summed E-state index contributed by atoms with van der Waals surface area (Å²) in [6.45, 7) is 2.02. The van der Waals surface area contributed by atoms with Crippen LogP contribution in [-0.4, -0.2) is 16.9 Å². The number of pyridine rings is 1. The molecule has 1 heterocycles. The highest BCUT2D eigenvalue weighted by Crippen LogP contribution is 2.13. The molecule has 1 aromatic rings. The van der Waals surface area contributed by atoms with E-state index >= 15 is 0 Å². The molecule has 4 nitrogen and oxygen atoms in total. The number of nitrogens with two attached hydrogens (primary N) is 1. The van der Waals surface area contributed by atoms with Crippen LogP contribution in [0, 0.1) is 12.3 Å². The molecule has 0 radical (unpaired) electrons. The summed E-state index contributed by atoms with van der Waals surface area (Å²) < 4.78 is 0. The van der Waals surface area contributed by atoms with Gasteiger partial charge in [-0.25, -0.2) is 4.98 Å². The SMILES string of the molecule is C#CCC(CC)Nc1ncccc1C(N)=O. The summed E-state index contributed by atoms with van der Waals surface area (Å²) in [6.07, 6.45) is 8.31. The van der Waals surface area contributed by atoms with E-state index in [4.69, 9.17) is 12.2 Å². The Hall–Kier alpha value is -2.02. The number of primary amides is 1. The standard InChI is InChI=1S/C12H15N3O/c1-3-6-9(4-2)15-12-10(11(13)16)7-5-8-14-12/h1,5,7-9H,4,6H2,2H3,(H2,13,16)(H,14,15). The minimum Gasteiger partial charge on any atom is -0.366 e. The molecule has 0 aliphatic rings. The van der Waals surface area contributed by atoms with Gasteiger partial charge < -0.3 is 11.1 Å². The van der Waals surface area contributed by atoms with Crippen LogP contribution in [0.3, 0.4) is 0 Å². The predicted molar refractivity (Wildman–Crippen MR) is 63.9 cm³/mol. The molecule has 0 bridgehead atoms. The lowest BCUT2D eigenvalue weighted by molar-refractivity contribution is 0.100. The average Bonchev–Trinajstić information content (AvgIpc) is 2.29. The number of hydrogen-bond acceptors (Lipinski definition) is 3. The average molecular weight is 217 g/mol. The van der Waals surface area contributed by atoms with Gasteiger partial charge in [0.05, 0.1) is 5.56 Å². The molecule has 3 N–H and O–H groups in total. The van der Waals surface area contributed by atoms with Gasteiger partial charge >= 0.3 is 0 Å². The Morgan fingerprint density at radius 1 is 1.75 bits per heavy atom. The number of amides is 1. The maximum Gasteiger partial charge on any atom is 0.252 e. The van der Waals surface area contributed by atoms with E-state index in [0.29, 0.717) is 17.8 Å². The molecular weight excluding hydrogens is 202 g/mol. The number of rotatable bonds is 5. The maximum absolute atomic E-state index is 11.2. The van der Waals surface area contributed by atoms with Gasteiger partial charge in [0.15, 0.2) is 0 Å². The predicted octanol–water partition coefficient (Wildman–Crippen LogP) is 1.39. The minimum atomic E-state index is -0.494. The van der Waals surface area contributed by atoms with Crippen molar-refractivity contribution in [3.63, 3.8) is 0 Å². The Kier molecular flexibility index (Phi) is 4.34. The van der Waals surface area contributed by atoms with Crippen molar-refractivity contribution in [2.45, 2.75) is 25.8 Å². The lowest BCUT2D eigenvalue weighted by atomic mass is 10.1. The second-order valence-corrected chi connectivity index (χ2v) is 3.42. The highest BCUT2D eigenvalue weighted by Gasteiger charge is 2.11. The molecule has 0 spiro atoms. The Balaban J connectivity index is 2.87. The summed E-state index contributed by atoms with van der Waals surface area (Å²) in [7, 11) is 0. The van der Waals surface area contributed by atoms with Gasteiger partial charge in [-0.3, -0.25) is 4.79 Å². The van der Waals surface area contributed by atoms with Gasteiger partial charge in [0, 0.05) is 18.7 Å². The normalized spacial score (nSPS) is 11.5. The van der Waals surface area contributed by atoms with Crippen LogP contribution in [0.4, 0.5) is 5.82 Å². The molecule has 84 valence electrons. The molecule has 0 saturated carbocycles. The molecular formula is C12H15N3O. The quantitative estimate of drug-likeness (QED) is 0.732. The van der Waals surface area contributed by atoms with Crippen molar-refractivity contribution in [2.75, 3.05) is 5.32 Å². The van der Waals surface area contributed by atoms with E-state index in [9.17, 15) is 4.79 Å². The number of aromatic nitrogens is 1. The molecule has 1 rings (SSSR count). The Bertz CT molecular complexity index is 409. The summed E-state index contributed by atoms with van der Waals surface area (Å²) >= 11 is 0. The van der Waals surface area contributed by atoms with Crippen LogP contribution in [0.25, 0.3) is 0 Å². The zero-order valence-corrected chi connectivity index (χ0v) is 9.23. The van der Waals surface area contributed by atoms with E-state index in [0.717, 1.165) is 6.42 Å². The summed E-state index contributed by atoms with van der Waals surface area (Å²) in [5, 5.41) is 3.13. The number of anilines is 1. The van der Waals surface area contributed by atoms with Gasteiger partial charge in [-0.15, -0.1) is 12.3 Å². The molecule has 0 fully saturated rings. The fourth-order valence-electron chi connectivity index (χ4n) is 1.35. The smallest absolute Gasteiger partial charge is 0.252 e. The second-order valence-electron chi connectivity index (χ2n) is 3.42. The Morgan fingerprint density at radius 2 is 2.50 bits per heavy atom. The Morgan fingerprint density at radius 3 is 3.06 bits per heavy atom. The maximum atomic E-state index is 11.2. The largest absolute Gasteiger partial charge is 0.366 e. The molecule has 1 atom stereocenters. The van der Waals surface area contributed by atoms with E-state index in [-0.39, 0.29) is 6.04 Å². The van der Waals surface area contributed by atoms with Gasteiger partial charge in [-0.2, -0.15) is 0 Å². The van der Waals surface area contributed by atoms with Gasteiger partial charge in [0.2, 0.25) is 0 Å². The number of hydrogen-bond donors (Lipinski definition) is 2. The zero-order valence-electron chi connectivity index (χ0n) is 9.23. The molecule has 0 aromatic carbocycles. The van der Waals surface area contributed by atoms with Crippen LogP contribution in [0.5, 0.6) is 0 Å². The molecule has 0 aliphatic heterocycles. The van der Waals surface area contributed by atoms with Crippen molar-refractivity contribution in [2.24, 2.45) is 5.73 Å². The van der Waals surface area contributed by atoms with Crippen LogP contribution >= 0.6 is 0 Å². The van der Waals surface area contributed by atoms with Gasteiger partial charge in [0.25, 0.3) is 5.91 Å². The molecule has 1 amide bonds. The first-order valence-electron chi connectivity index (χ1n) is 5.13. The molecule has 0 saturated heterocycles. The lowest BCUT2D eigenvalue weighted by Gasteiger charge is -2.16. The highest BCUT2D eigenvalue weighted by molar-refractivity contribution is 5.97. The summed E-state index contributed by atoms with van der Waals surface area (Å²) in [4.78, 5) is 15.2. The van der Waals surface area contributed by atoms with Crippen LogP contribution in [0.15, 0.2) is 18.3 Å². The topological polar surface area (TPSA) is 68.0 Å². The van der Waals surface area contributed by atoms with E-state index in [1.807, 2.05) is 6.92 Å². The number of carbonyl (C=O) groups is 1. The molecule has 1 aromatic heterocycles. The first-order chi connectivity index (χ1) is 7.69. The number of terminal acetylenes is 1. The molecule has 16 heavy (non-hydrogen) atoms. The van der Waals surface area contributed by atoms with Gasteiger partial charge in [-0.1, -0.05) is 6.92 Å². The van der Waals surface area contributed by atoms with Gasteiger partial charge in [0.1, 0.15) is 5.82 Å². The minimum absolute atomic E-state index is 0.109. The second kappa shape index (κ2) is 5.76. The summed E-state index contributed by atoms with van der Waals surface area (Å²) in [5.41, 5.74) is 5.63. The van der Waals surface area contributed by atoms with Crippen LogP contribution in [-0.2, 0) is 0 Å². The Labute approximate surface area is 95.3 Å². The highest BCUT2D eigenvalue weighted by atomic mass is 16.1. The van der Waals surface area contributed by atoms with E-state index < -0.39 is 5.91 Å². The van der Waals surface area contributed by atoms with Gasteiger partial charge in [-0.05, 0) is 18.6 Å². The van der Waals surface area contributed by atoms with Crippen molar-refractivity contribution < 1.29 is 4.79 Å². The number of nitrogens with one attached hydrogen (secondary N) is 1. The lowest BCUT2D eigenvalue weighted by Crippen LogP contribution is -2.22. The third-order valence-corrected chi connectivity index (χ3v) is 2.27. The zero-order chi connectivity index (χ0) is 12.0.